The van der Waals surface area contributed by atoms with Crippen LogP contribution in [0.15, 0.2) is 18.2 Å². The Morgan fingerprint density at radius 2 is 2.32 bits per heavy atom. The number of fused-ring (bicyclic) bond motifs is 1. The number of amides is 1. The van der Waals surface area contributed by atoms with Gasteiger partial charge in [-0.3, -0.25) is 4.79 Å². The third-order valence-corrected chi connectivity index (χ3v) is 3.23. The van der Waals surface area contributed by atoms with Crippen molar-refractivity contribution in [3.8, 4) is 5.75 Å². The molecule has 2 N–H and O–H groups in total. The number of carbonyl (C=O) groups is 1. The topological polar surface area (TPSA) is 50.4 Å². The molecule has 104 valence electrons. The minimum absolute atomic E-state index is 0.0984. The summed E-state index contributed by atoms with van der Waals surface area (Å²) in [6.07, 6.45) is 1.66. The number of aryl methyl sites for hydroxylation is 1. The standard InChI is InChI=1S/C15H22N2O2/c1-3-17-15(18)6-7-16-10-13-9-12-8-11(2)4-5-14(12)19-13/h4-5,8,13,16H,3,6-7,9-10H2,1-2H3,(H,17,18). The van der Waals surface area contributed by atoms with Crippen molar-refractivity contribution in [3.63, 3.8) is 0 Å². The molecule has 1 aliphatic heterocycles. The average Bonchev–Trinajstić information content (AvgIpc) is 2.77. The van der Waals surface area contributed by atoms with E-state index >= 15 is 0 Å². The second-order valence-electron chi connectivity index (χ2n) is 4.96. The van der Waals surface area contributed by atoms with Gasteiger partial charge < -0.3 is 15.4 Å². The first kappa shape index (κ1) is 13.9. The van der Waals surface area contributed by atoms with Gasteiger partial charge in [-0.15, -0.1) is 0 Å². The summed E-state index contributed by atoms with van der Waals surface area (Å²) in [7, 11) is 0. The summed E-state index contributed by atoms with van der Waals surface area (Å²) >= 11 is 0. The minimum Gasteiger partial charge on any atom is -0.488 e. The number of ether oxygens (including phenoxy) is 1. The molecule has 1 amide bonds. The summed E-state index contributed by atoms with van der Waals surface area (Å²) < 4.78 is 5.85. The first-order valence-electron chi connectivity index (χ1n) is 6.92. The van der Waals surface area contributed by atoms with Gasteiger partial charge in [0.15, 0.2) is 0 Å². The molecule has 0 saturated heterocycles. The van der Waals surface area contributed by atoms with Crippen molar-refractivity contribution in [2.24, 2.45) is 0 Å². The third-order valence-electron chi connectivity index (χ3n) is 3.23. The molecule has 0 spiro atoms. The zero-order chi connectivity index (χ0) is 13.7. The number of nitrogens with one attached hydrogen (secondary N) is 2. The van der Waals surface area contributed by atoms with E-state index in [0.29, 0.717) is 19.5 Å². The lowest BCUT2D eigenvalue weighted by Gasteiger charge is -2.11. The van der Waals surface area contributed by atoms with E-state index in [4.69, 9.17) is 4.74 Å². The maximum Gasteiger partial charge on any atom is 0.221 e. The van der Waals surface area contributed by atoms with Crippen molar-refractivity contribution >= 4 is 5.91 Å². The molecule has 4 heteroatoms. The SMILES string of the molecule is CCNC(=O)CCNCC1Cc2cc(C)ccc2O1. The molecule has 2 rings (SSSR count). The van der Waals surface area contributed by atoms with Crippen LogP contribution in [0.25, 0.3) is 0 Å². The van der Waals surface area contributed by atoms with Gasteiger partial charge in [-0.05, 0) is 25.5 Å². The molecule has 1 aliphatic rings. The van der Waals surface area contributed by atoms with E-state index in [1.54, 1.807) is 0 Å². The lowest BCUT2D eigenvalue weighted by Crippen LogP contribution is -2.33. The Bertz CT molecular complexity index is 446. The van der Waals surface area contributed by atoms with Gasteiger partial charge in [0.2, 0.25) is 5.91 Å². The normalized spacial score (nSPS) is 16.8. The van der Waals surface area contributed by atoms with Crippen LogP contribution in [0.2, 0.25) is 0 Å². The van der Waals surface area contributed by atoms with Gasteiger partial charge in [0.25, 0.3) is 0 Å². The lowest BCUT2D eigenvalue weighted by atomic mass is 10.1. The van der Waals surface area contributed by atoms with E-state index < -0.39 is 0 Å². The molecule has 1 unspecified atom stereocenters. The monoisotopic (exact) mass is 262 g/mol. The van der Waals surface area contributed by atoms with Crippen molar-refractivity contribution in [2.75, 3.05) is 19.6 Å². The first-order chi connectivity index (χ1) is 9.19. The molecule has 0 bridgehead atoms. The van der Waals surface area contributed by atoms with Crippen LogP contribution in [0.4, 0.5) is 0 Å². The van der Waals surface area contributed by atoms with Crippen molar-refractivity contribution in [3.05, 3.63) is 29.3 Å². The molecule has 0 saturated carbocycles. The van der Waals surface area contributed by atoms with Gasteiger partial charge >= 0.3 is 0 Å². The number of carbonyl (C=O) groups excluding carboxylic acids is 1. The minimum atomic E-state index is 0.0984. The molecule has 1 aromatic rings. The van der Waals surface area contributed by atoms with Crippen LogP contribution < -0.4 is 15.4 Å². The van der Waals surface area contributed by atoms with Crippen LogP contribution in [-0.2, 0) is 11.2 Å². The fraction of sp³-hybridized carbons (Fsp3) is 0.533. The van der Waals surface area contributed by atoms with Crippen LogP contribution in [-0.4, -0.2) is 31.6 Å². The molecule has 1 atom stereocenters. The Hall–Kier alpha value is -1.55. The van der Waals surface area contributed by atoms with Crippen molar-refractivity contribution in [1.29, 1.82) is 0 Å². The van der Waals surface area contributed by atoms with Crippen LogP contribution in [0, 0.1) is 6.92 Å². The molecule has 19 heavy (non-hydrogen) atoms. The second-order valence-corrected chi connectivity index (χ2v) is 4.96. The zero-order valence-corrected chi connectivity index (χ0v) is 11.7. The van der Waals surface area contributed by atoms with Gasteiger partial charge in [0.1, 0.15) is 11.9 Å². The van der Waals surface area contributed by atoms with Crippen LogP contribution in [0.1, 0.15) is 24.5 Å². The molecule has 0 radical (unpaired) electrons. The molecular weight excluding hydrogens is 240 g/mol. The van der Waals surface area contributed by atoms with E-state index in [0.717, 1.165) is 18.7 Å². The number of rotatable bonds is 6. The Morgan fingerprint density at radius 1 is 1.47 bits per heavy atom. The molecule has 4 nitrogen and oxygen atoms in total. The third kappa shape index (κ3) is 3.96. The van der Waals surface area contributed by atoms with E-state index in [9.17, 15) is 4.79 Å². The number of hydrogen-bond donors (Lipinski definition) is 2. The fourth-order valence-electron chi connectivity index (χ4n) is 2.31. The van der Waals surface area contributed by atoms with Crippen molar-refractivity contribution in [2.45, 2.75) is 32.8 Å². The number of hydrogen-bond acceptors (Lipinski definition) is 3. The predicted octanol–water partition coefficient (Wildman–Crippen LogP) is 1.41. The summed E-state index contributed by atoms with van der Waals surface area (Å²) in [6, 6.07) is 6.30. The van der Waals surface area contributed by atoms with E-state index in [1.165, 1.54) is 11.1 Å². The molecule has 0 aliphatic carbocycles. The largest absolute Gasteiger partial charge is 0.488 e. The van der Waals surface area contributed by atoms with E-state index in [2.05, 4.69) is 29.7 Å². The van der Waals surface area contributed by atoms with Crippen molar-refractivity contribution < 1.29 is 9.53 Å². The van der Waals surface area contributed by atoms with Gasteiger partial charge in [-0.2, -0.15) is 0 Å². The summed E-state index contributed by atoms with van der Waals surface area (Å²) in [4.78, 5) is 11.3. The lowest BCUT2D eigenvalue weighted by molar-refractivity contribution is -0.120. The zero-order valence-electron chi connectivity index (χ0n) is 11.7. The highest BCUT2D eigenvalue weighted by atomic mass is 16.5. The molecule has 0 aromatic heterocycles. The second kappa shape index (κ2) is 6.57. The summed E-state index contributed by atoms with van der Waals surface area (Å²) in [5, 5.41) is 6.06. The molecule has 1 heterocycles. The number of benzene rings is 1. The highest BCUT2D eigenvalue weighted by molar-refractivity contribution is 5.75. The smallest absolute Gasteiger partial charge is 0.221 e. The first-order valence-corrected chi connectivity index (χ1v) is 6.92. The average molecular weight is 262 g/mol. The molecule has 0 fully saturated rings. The predicted molar refractivity (Wildman–Crippen MR) is 75.5 cm³/mol. The Kier molecular flexibility index (Phi) is 4.80. The quantitative estimate of drug-likeness (QED) is 0.762. The van der Waals surface area contributed by atoms with Gasteiger partial charge in [0, 0.05) is 32.5 Å². The molecular formula is C15H22N2O2. The summed E-state index contributed by atoms with van der Waals surface area (Å²) in [5.41, 5.74) is 2.56. The van der Waals surface area contributed by atoms with Gasteiger partial charge in [-0.25, -0.2) is 0 Å². The van der Waals surface area contributed by atoms with Crippen LogP contribution in [0.5, 0.6) is 5.75 Å². The van der Waals surface area contributed by atoms with Gasteiger partial charge in [-0.1, -0.05) is 17.7 Å². The van der Waals surface area contributed by atoms with E-state index in [1.807, 2.05) is 13.0 Å². The maximum atomic E-state index is 11.3. The van der Waals surface area contributed by atoms with Crippen LogP contribution >= 0.6 is 0 Å². The maximum absolute atomic E-state index is 11.3. The highest BCUT2D eigenvalue weighted by Gasteiger charge is 2.22. The Labute approximate surface area is 114 Å². The Balaban J connectivity index is 1.68. The van der Waals surface area contributed by atoms with Gasteiger partial charge in [0.05, 0.1) is 0 Å². The molecule has 1 aromatic carbocycles. The van der Waals surface area contributed by atoms with Crippen LogP contribution in [0.3, 0.4) is 0 Å². The van der Waals surface area contributed by atoms with E-state index in [-0.39, 0.29) is 12.0 Å². The summed E-state index contributed by atoms with van der Waals surface area (Å²) in [5.74, 6) is 1.10. The van der Waals surface area contributed by atoms with Crippen molar-refractivity contribution in [1.82, 2.24) is 10.6 Å². The highest BCUT2D eigenvalue weighted by Crippen LogP contribution is 2.29. The Morgan fingerprint density at radius 3 is 3.11 bits per heavy atom. The fourth-order valence-corrected chi connectivity index (χ4v) is 2.31. The summed E-state index contributed by atoms with van der Waals surface area (Å²) in [6.45, 7) is 6.20.